The molecule has 0 aliphatic heterocycles. The number of hydrogen-bond donors (Lipinski definition) is 1. The summed E-state index contributed by atoms with van der Waals surface area (Å²) in [6.07, 6.45) is 0. The smallest absolute Gasteiger partial charge is 0.373 e. The zero-order valence-corrected chi connectivity index (χ0v) is 10.8. The average molecular weight is 263 g/mol. The number of furan rings is 1. The van der Waals surface area contributed by atoms with Crippen LogP contribution in [0.1, 0.15) is 17.5 Å². The Hall–Kier alpha value is -2.50. The van der Waals surface area contributed by atoms with E-state index in [1.54, 1.807) is 12.1 Å². The van der Waals surface area contributed by atoms with Crippen LogP contribution >= 0.6 is 0 Å². The Morgan fingerprint density at radius 1 is 1.21 bits per heavy atom. The number of esters is 1. The first-order chi connectivity index (χ1) is 9.05. The molecule has 0 bridgehead atoms. The van der Waals surface area contributed by atoms with Gasteiger partial charge in [-0.2, -0.15) is 0 Å². The number of fused-ring (bicyclic) bond motifs is 1. The standard InChI is InChI=1S/C13H13NO5/c1-7(15)14-8-4-10(17-2)9-6-12(13(16)18-3)19-11(9)5-8/h4-6H,1-3H3,(H,14,15). The van der Waals surface area contributed by atoms with E-state index in [4.69, 9.17) is 9.15 Å². The summed E-state index contributed by atoms with van der Waals surface area (Å²) < 4.78 is 15.2. The molecule has 1 amide bonds. The van der Waals surface area contributed by atoms with Gasteiger partial charge in [-0.15, -0.1) is 0 Å². The summed E-state index contributed by atoms with van der Waals surface area (Å²) in [5.74, 6) is -0.198. The van der Waals surface area contributed by atoms with Gasteiger partial charge in [0.2, 0.25) is 11.7 Å². The number of ether oxygens (including phenoxy) is 2. The van der Waals surface area contributed by atoms with Gasteiger partial charge in [-0.25, -0.2) is 4.79 Å². The molecule has 0 fully saturated rings. The largest absolute Gasteiger partial charge is 0.496 e. The number of amides is 1. The maximum absolute atomic E-state index is 11.4. The lowest BCUT2D eigenvalue weighted by atomic mass is 10.2. The number of carbonyl (C=O) groups excluding carboxylic acids is 2. The van der Waals surface area contributed by atoms with Crippen LogP contribution in [0.5, 0.6) is 5.75 Å². The molecule has 0 atom stereocenters. The molecule has 0 spiro atoms. The van der Waals surface area contributed by atoms with Gasteiger partial charge >= 0.3 is 5.97 Å². The van der Waals surface area contributed by atoms with E-state index in [-0.39, 0.29) is 11.7 Å². The Balaban J connectivity index is 2.56. The number of hydrogen-bond acceptors (Lipinski definition) is 5. The van der Waals surface area contributed by atoms with Crippen LogP contribution < -0.4 is 10.1 Å². The second-order valence-corrected chi connectivity index (χ2v) is 3.87. The number of nitrogens with one attached hydrogen (secondary N) is 1. The molecule has 0 aliphatic rings. The average Bonchev–Trinajstić information content (AvgIpc) is 2.79. The quantitative estimate of drug-likeness (QED) is 0.859. The van der Waals surface area contributed by atoms with E-state index in [0.717, 1.165) is 0 Å². The summed E-state index contributed by atoms with van der Waals surface area (Å²) in [6.45, 7) is 1.40. The van der Waals surface area contributed by atoms with E-state index in [2.05, 4.69) is 10.1 Å². The van der Waals surface area contributed by atoms with Gasteiger partial charge < -0.3 is 19.2 Å². The molecule has 100 valence electrons. The van der Waals surface area contributed by atoms with Crippen molar-refractivity contribution in [2.75, 3.05) is 19.5 Å². The number of rotatable bonds is 3. The first-order valence-corrected chi connectivity index (χ1v) is 5.52. The summed E-state index contributed by atoms with van der Waals surface area (Å²) in [7, 11) is 2.77. The van der Waals surface area contributed by atoms with E-state index >= 15 is 0 Å². The van der Waals surface area contributed by atoms with Crippen molar-refractivity contribution in [2.24, 2.45) is 0 Å². The maximum Gasteiger partial charge on any atom is 0.373 e. The van der Waals surface area contributed by atoms with E-state index in [1.807, 2.05) is 0 Å². The van der Waals surface area contributed by atoms with Crippen molar-refractivity contribution >= 4 is 28.5 Å². The Labute approximate surface area is 109 Å². The normalized spacial score (nSPS) is 10.3. The van der Waals surface area contributed by atoms with Crippen LogP contribution in [0, 0.1) is 0 Å². The first-order valence-electron chi connectivity index (χ1n) is 5.52. The summed E-state index contributed by atoms with van der Waals surface area (Å²) in [6, 6.07) is 4.81. The van der Waals surface area contributed by atoms with Crippen LogP contribution in [-0.2, 0) is 9.53 Å². The van der Waals surface area contributed by atoms with Crippen molar-refractivity contribution in [3.8, 4) is 5.75 Å². The van der Waals surface area contributed by atoms with Crippen molar-refractivity contribution < 1.29 is 23.5 Å². The number of benzene rings is 1. The fourth-order valence-electron chi connectivity index (χ4n) is 1.75. The molecule has 1 aromatic heterocycles. The third-order valence-corrected chi connectivity index (χ3v) is 2.53. The molecule has 0 aliphatic carbocycles. The van der Waals surface area contributed by atoms with Gasteiger partial charge in [-0.05, 0) is 0 Å². The minimum absolute atomic E-state index is 0.0794. The highest BCUT2D eigenvalue weighted by Gasteiger charge is 2.16. The molecule has 19 heavy (non-hydrogen) atoms. The minimum atomic E-state index is -0.570. The summed E-state index contributed by atoms with van der Waals surface area (Å²) in [5, 5.41) is 3.27. The molecule has 2 rings (SSSR count). The summed E-state index contributed by atoms with van der Waals surface area (Å²) in [5.41, 5.74) is 0.964. The zero-order chi connectivity index (χ0) is 14.0. The highest BCUT2D eigenvalue weighted by atomic mass is 16.5. The number of carbonyl (C=O) groups is 2. The van der Waals surface area contributed by atoms with Crippen LogP contribution in [0.2, 0.25) is 0 Å². The molecule has 6 heteroatoms. The molecule has 2 aromatic rings. The predicted octanol–water partition coefficient (Wildman–Crippen LogP) is 2.19. The lowest BCUT2D eigenvalue weighted by molar-refractivity contribution is -0.114. The SMILES string of the molecule is COC(=O)c1cc2c(OC)cc(NC(C)=O)cc2o1. The van der Waals surface area contributed by atoms with Crippen molar-refractivity contribution in [1.82, 2.24) is 0 Å². The second kappa shape index (κ2) is 5.01. The minimum Gasteiger partial charge on any atom is -0.496 e. The zero-order valence-electron chi connectivity index (χ0n) is 10.8. The van der Waals surface area contributed by atoms with Crippen molar-refractivity contribution in [1.29, 1.82) is 0 Å². The Bertz CT molecular complexity index is 644. The Morgan fingerprint density at radius 3 is 2.53 bits per heavy atom. The van der Waals surface area contributed by atoms with Crippen molar-refractivity contribution in [3.05, 3.63) is 24.0 Å². The monoisotopic (exact) mass is 263 g/mol. The summed E-state index contributed by atoms with van der Waals surface area (Å²) >= 11 is 0. The van der Waals surface area contributed by atoms with Crippen LogP contribution in [0.15, 0.2) is 22.6 Å². The Morgan fingerprint density at radius 2 is 1.95 bits per heavy atom. The van der Waals surface area contributed by atoms with E-state index < -0.39 is 5.97 Å². The van der Waals surface area contributed by atoms with Crippen LogP contribution in [-0.4, -0.2) is 26.1 Å². The van der Waals surface area contributed by atoms with Gasteiger partial charge in [0.05, 0.1) is 19.6 Å². The molecule has 0 saturated heterocycles. The predicted molar refractivity (Wildman–Crippen MR) is 68.4 cm³/mol. The molecular weight excluding hydrogens is 250 g/mol. The van der Waals surface area contributed by atoms with Crippen LogP contribution in [0.3, 0.4) is 0 Å². The third kappa shape index (κ3) is 2.52. The van der Waals surface area contributed by atoms with Crippen LogP contribution in [0.25, 0.3) is 11.0 Å². The lowest BCUT2D eigenvalue weighted by Gasteiger charge is -2.05. The molecule has 1 N–H and O–H groups in total. The van der Waals surface area contributed by atoms with E-state index in [0.29, 0.717) is 22.4 Å². The molecule has 6 nitrogen and oxygen atoms in total. The molecule has 1 heterocycles. The summed E-state index contributed by atoms with van der Waals surface area (Å²) in [4.78, 5) is 22.5. The highest BCUT2D eigenvalue weighted by Crippen LogP contribution is 2.32. The Kier molecular flexibility index (Phi) is 3.41. The second-order valence-electron chi connectivity index (χ2n) is 3.87. The maximum atomic E-state index is 11.4. The van der Waals surface area contributed by atoms with Crippen molar-refractivity contribution in [2.45, 2.75) is 6.92 Å². The van der Waals surface area contributed by atoms with Gasteiger partial charge in [0, 0.05) is 30.8 Å². The fraction of sp³-hybridized carbons (Fsp3) is 0.231. The van der Waals surface area contributed by atoms with E-state index in [1.165, 1.54) is 27.2 Å². The first kappa shape index (κ1) is 12.9. The number of methoxy groups -OCH3 is 2. The highest BCUT2D eigenvalue weighted by molar-refractivity contribution is 5.98. The van der Waals surface area contributed by atoms with Crippen LogP contribution in [0.4, 0.5) is 5.69 Å². The van der Waals surface area contributed by atoms with Gasteiger partial charge in [-0.3, -0.25) is 4.79 Å². The van der Waals surface area contributed by atoms with Gasteiger partial charge in [0.25, 0.3) is 0 Å². The van der Waals surface area contributed by atoms with Gasteiger partial charge in [0.1, 0.15) is 11.3 Å². The lowest BCUT2D eigenvalue weighted by Crippen LogP contribution is -2.05. The van der Waals surface area contributed by atoms with Gasteiger partial charge in [-0.1, -0.05) is 0 Å². The topological polar surface area (TPSA) is 77.8 Å². The molecule has 0 unspecified atom stereocenters. The third-order valence-electron chi connectivity index (χ3n) is 2.53. The molecular formula is C13H13NO5. The van der Waals surface area contributed by atoms with Crippen molar-refractivity contribution in [3.63, 3.8) is 0 Å². The molecule has 1 aromatic carbocycles. The van der Waals surface area contributed by atoms with E-state index in [9.17, 15) is 9.59 Å². The fourth-order valence-corrected chi connectivity index (χ4v) is 1.75. The van der Waals surface area contributed by atoms with Gasteiger partial charge in [0.15, 0.2) is 0 Å². The number of anilines is 1. The molecule has 0 radical (unpaired) electrons. The molecule has 0 saturated carbocycles.